The first-order valence-corrected chi connectivity index (χ1v) is 3.49. The van der Waals surface area contributed by atoms with Gasteiger partial charge in [-0.1, -0.05) is 0 Å². The SMILES string of the molecule is O=C[C@H](O)[C@H](OO)[C@H](O)[C@H](O)CO. The summed E-state index contributed by atoms with van der Waals surface area (Å²) in [5.74, 6) is 0. The second-order valence-electron chi connectivity index (χ2n) is 2.44. The van der Waals surface area contributed by atoms with Gasteiger partial charge in [-0.15, -0.1) is 0 Å². The summed E-state index contributed by atoms with van der Waals surface area (Å²) in [7, 11) is 0. The van der Waals surface area contributed by atoms with Crippen LogP contribution in [0.4, 0.5) is 0 Å². The monoisotopic (exact) mass is 196 g/mol. The van der Waals surface area contributed by atoms with Gasteiger partial charge in [0.15, 0.2) is 12.4 Å². The largest absolute Gasteiger partial charge is 0.394 e. The van der Waals surface area contributed by atoms with Crippen LogP contribution in [0.25, 0.3) is 0 Å². The van der Waals surface area contributed by atoms with Gasteiger partial charge < -0.3 is 25.2 Å². The Hall–Kier alpha value is -0.570. The van der Waals surface area contributed by atoms with Crippen LogP contribution in [0.15, 0.2) is 0 Å². The van der Waals surface area contributed by atoms with Crippen LogP contribution in [0, 0.1) is 0 Å². The Morgan fingerprint density at radius 3 is 2.15 bits per heavy atom. The summed E-state index contributed by atoms with van der Waals surface area (Å²) in [4.78, 5) is 13.6. The summed E-state index contributed by atoms with van der Waals surface area (Å²) in [6, 6.07) is 0. The molecule has 0 bridgehead atoms. The zero-order valence-electron chi connectivity index (χ0n) is 6.65. The topological polar surface area (TPSA) is 127 Å². The van der Waals surface area contributed by atoms with Crippen LogP contribution in [-0.4, -0.2) is 63.0 Å². The predicted octanol–water partition coefficient (Wildman–Crippen LogP) is -2.88. The zero-order valence-corrected chi connectivity index (χ0v) is 6.65. The molecule has 0 aromatic heterocycles. The maximum absolute atomic E-state index is 10.0. The highest BCUT2D eigenvalue weighted by Crippen LogP contribution is 2.06. The number of carbonyl (C=O) groups is 1. The van der Waals surface area contributed by atoms with E-state index in [1.165, 1.54) is 0 Å². The van der Waals surface area contributed by atoms with Crippen molar-refractivity contribution in [2.45, 2.75) is 24.4 Å². The van der Waals surface area contributed by atoms with Crippen LogP contribution in [-0.2, 0) is 9.68 Å². The summed E-state index contributed by atoms with van der Waals surface area (Å²) < 4.78 is 0. The number of aliphatic hydroxyl groups excluding tert-OH is 4. The standard InChI is InChI=1S/C6H12O7/c7-1-3(9)5(11)6(13-12)4(10)2-8/h2-7,9-12H,1H2/t3-,4+,5-,6+/m1/s1. The lowest BCUT2D eigenvalue weighted by Gasteiger charge is -2.24. The number of aldehydes is 1. The van der Waals surface area contributed by atoms with E-state index in [-0.39, 0.29) is 6.29 Å². The van der Waals surface area contributed by atoms with Crippen LogP contribution in [0.1, 0.15) is 0 Å². The molecule has 0 radical (unpaired) electrons. The fraction of sp³-hybridized carbons (Fsp3) is 0.833. The molecule has 0 spiro atoms. The van der Waals surface area contributed by atoms with E-state index in [1.807, 2.05) is 0 Å². The highest BCUT2D eigenvalue weighted by atomic mass is 17.1. The summed E-state index contributed by atoms with van der Waals surface area (Å²) in [6.45, 7) is -0.785. The fourth-order valence-electron chi connectivity index (χ4n) is 0.731. The Morgan fingerprint density at radius 2 is 1.85 bits per heavy atom. The van der Waals surface area contributed by atoms with E-state index >= 15 is 0 Å². The minimum atomic E-state index is -1.78. The molecule has 78 valence electrons. The smallest absolute Gasteiger partial charge is 0.154 e. The van der Waals surface area contributed by atoms with Gasteiger partial charge >= 0.3 is 0 Å². The van der Waals surface area contributed by atoms with Gasteiger partial charge in [-0.05, 0) is 0 Å². The number of carbonyl (C=O) groups excluding carboxylic acids is 1. The number of aliphatic hydroxyl groups is 4. The third-order valence-electron chi connectivity index (χ3n) is 1.52. The first-order chi connectivity index (χ1) is 6.08. The van der Waals surface area contributed by atoms with Gasteiger partial charge in [0.2, 0.25) is 0 Å². The number of hydrogen-bond acceptors (Lipinski definition) is 7. The van der Waals surface area contributed by atoms with E-state index in [0.29, 0.717) is 0 Å². The van der Waals surface area contributed by atoms with Crippen LogP contribution < -0.4 is 0 Å². The van der Waals surface area contributed by atoms with Crippen molar-refractivity contribution in [1.29, 1.82) is 0 Å². The lowest BCUT2D eigenvalue weighted by Crippen LogP contribution is -2.47. The fourth-order valence-corrected chi connectivity index (χ4v) is 0.731. The second kappa shape index (κ2) is 5.97. The molecule has 0 unspecified atom stereocenters. The second-order valence-corrected chi connectivity index (χ2v) is 2.44. The van der Waals surface area contributed by atoms with E-state index in [9.17, 15) is 4.79 Å². The molecule has 13 heavy (non-hydrogen) atoms. The van der Waals surface area contributed by atoms with Crippen molar-refractivity contribution in [3.05, 3.63) is 0 Å². The molecule has 0 aliphatic heterocycles. The average molecular weight is 196 g/mol. The molecule has 0 aliphatic carbocycles. The molecule has 4 atom stereocenters. The lowest BCUT2D eigenvalue weighted by atomic mass is 10.0. The molecule has 0 aromatic rings. The summed E-state index contributed by atoms with van der Waals surface area (Å²) >= 11 is 0. The van der Waals surface area contributed by atoms with Crippen molar-refractivity contribution in [2.24, 2.45) is 0 Å². The number of rotatable bonds is 6. The van der Waals surface area contributed by atoms with Crippen molar-refractivity contribution in [3.8, 4) is 0 Å². The van der Waals surface area contributed by atoms with Crippen molar-refractivity contribution in [3.63, 3.8) is 0 Å². The van der Waals surface area contributed by atoms with Crippen LogP contribution in [0.2, 0.25) is 0 Å². The van der Waals surface area contributed by atoms with Crippen LogP contribution >= 0.6 is 0 Å². The van der Waals surface area contributed by atoms with Crippen molar-refractivity contribution in [2.75, 3.05) is 6.61 Å². The molecular weight excluding hydrogens is 184 g/mol. The quantitative estimate of drug-likeness (QED) is 0.175. The first-order valence-electron chi connectivity index (χ1n) is 3.49. The molecule has 0 amide bonds. The maximum Gasteiger partial charge on any atom is 0.154 e. The molecule has 0 fully saturated rings. The minimum Gasteiger partial charge on any atom is -0.394 e. The van der Waals surface area contributed by atoms with Gasteiger partial charge in [0.25, 0.3) is 0 Å². The van der Waals surface area contributed by atoms with E-state index in [2.05, 4.69) is 4.89 Å². The molecular formula is C6H12O7. The molecule has 5 N–H and O–H groups in total. The summed E-state index contributed by atoms with van der Waals surface area (Å²) in [6.07, 6.45) is -6.79. The van der Waals surface area contributed by atoms with Gasteiger partial charge in [-0.2, -0.15) is 0 Å². The zero-order chi connectivity index (χ0) is 10.4. The van der Waals surface area contributed by atoms with Gasteiger partial charge in [0, 0.05) is 0 Å². The van der Waals surface area contributed by atoms with Gasteiger partial charge in [-0.25, -0.2) is 4.89 Å². The van der Waals surface area contributed by atoms with E-state index in [4.69, 9.17) is 25.7 Å². The molecule has 0 saturated carbocycles. The summed E-state index contributed by atoms with van der Waals surface area (Å²) in [5.41, 5.74) is 0. The molecule has 0 rings (SSSR count). The van der Waals surface area contributed by atoms with E-state index in [0.717, 1.165) is 0 Å². The molecule has 0 aromatic carbocycles. The molecule has 7 nitrogen and oxygen atoms in total. The first kappa shape index (κ1) is 12.4. The Kier molecular flexibility index (Phi) is 5.71. The predicted molar refractivity (Wildman–Crippen MR) is 38.7 cm³/mol. The third kappa shape index (κ3) is 3.35. The average Bonchev–Trinajstić information content (AvgIpc) is 2.17. The normalized spacial score (nSPS) is 20.4. The van der Waals surface area contributed by atoms with Crippen LogP contribution in [0.3, 0.4) is 0 Å². The Labute approximate surface area is 73.7 Å². The molecule has 7 heteroatoms. The Balaban J connectivity index is 4.29. The molecule has 0 saturated heterocycles. The minimum absolute atomic E-state index is 0.0220. The van der Waals surface area contributed by atoms with Crippen molar-refractivity contribution in [1.82, 2.24) is 0 Å². The van der Waals surface area contributed by atoms with Crippen LogP contribution in [0.5, 0.6) is 0 Å². The van der Waals surface area contributed by atoms with Gasteiger partial charge in [-0.3, -0.25) is 5.26 Å². The Bertz CT molecular complexity index is 150. The maximum atomic E-state index is 10.0. The van der Waals surface area contributed by atoms with E-state index < -0.39 is 31.0 Å². The van der Waals surface area contributed by atoms with Crippen molar-refractivity contribution >= 4 is 6.29 Å². The van der Waals surface area contributed by atoms with Gasteiger partial charge in [0.05, 0.1) is 6.61 Å². The van der Waals surface area contributed by atoms with Crippen molar-refractivity contribution < 1.29 is 35.4 Å². The number of hydrogen-bond donors (Lipinski definition) is 5. The highest BCUT2D eigenvalue weighted by Gasteiger charge is 2.32. The van der Waals surface area contributed by atoms with Gasteiger partial charge in [0.1, 0.15) is 18.3 Å². The molecule has 0 heterocycles. The Morgan fingerprint density at radius 1 is 1.31 bits per heavy atom. The summed E-state index contributed by atoms with van der Waals surface area (Å²) in [5, 5.41) is 43.3. The molecule has 0 aliphatic rings. The van der Waals surface area contributed by atoms with E-state index in [1.54, 1.807) is 0 Å². The highest BCUT2D eigenvalue weighted by molar-refractivity contribution is 5.56. The lowest BCUT2D eigenvalue weighted by molar-refractivity contribution is -0.317. The third-order valence-corrected chi connectivity index (χ3v) is 1.52.